The van der Waals surface area contributed by atoms with Crippen LogP contribution in [0.3, 0.4) is 0 Å². The van der Waals surface area contributed by atoms with E-state index in [0.29, 0.717) is 24.3 Å². The van der Waals surface area contributed by atoms with Crippen LogP contribution in [0.1, 0.15) is 42.3 Å². The fourth-order valence-electron chi connectivity index (χ4n) is 4.71. The molecule has 1 aromatic heterocycles. The van der Waals surface area contributed by atoms with Crippen LogP contribution in [0.4, 0.5) is 0 Å². The first-order chi connectivity index (χ1) is 16.9. The Kier molecular flexibility index (Phi) is 7.24. The van der Waals surface area contributed by atoms with Crippen LogP contribution in [-0.2, 0) is 18.3 Å². The second-order valence-corrected chi connectivity index (χ2v) is 9.13. The van der Waals surface area contributed by atoms with Crippen LogP contribution in [0.5, 0.6) is 11.5 Å². The predicted octanol–water partition coefficient (Wildman–Crippen LogP) is 4.34. The molecule has 2 atom stereocenters. The third-order valence-corrected chi connectivity index (χ3v) is 6.98. The molecule has 1 aliphatic rings. The molecular formula is C28H34N4O3. The standard InChI is InChI=1S/C28H34N4O3/c1-17-13-21-14-25(34-5)26(35-6)15-22(21)28(31-23(17)11-12-27(33)29-3)20-9-7-19(8-10-20)24-16-30-18(2)32(24)4/h7-10,14-17,23H,11-13H2,1-6H3,(H,29,33). The van der Waals surface area contributed by atoms with E-state index in [-0.39, 0.29) is 17.9 Å². The second-order valence-electron chi connectivity index (χ2n) is 9.13. The topological polar surface area (TPSA) is 77.7 Å². The first-order valence-electron chi connectivity index (χ1n) is 12.0. The molecule has 1 N–H and O–H groups in total. The van der Waals surface area contributed by atoms with E-state index in [1.807, 2.05) is 26.2 Å². The van der Waals surface area contributed by atoms with Gasteiger partial charge in [-0.3, -0.25) is 9.79 Å². The van der Waals surface area contributed by atoms with Gasteiger partial charge in [-0.1, -0.05) is 31.2 Å². The van der Waals surface area contributed by atoms with E-state index < -0.39 is 0 Å². The number of carbonyl (C=O) groups excluding carboxylic acids is 1. The maximum Gasteiger partial charge on any atom is 0.219 e. The van der Waals surface area contributed by atoms with E-state index in [4.69, 9.17) is 14.5 Å². The van der Waals surface area contributed by atoms with Gasteiger partial charge in [-0.05, 0) is 48.9 Å². The van der Waals surface area contributed by atoms with Gasteiger partial charge in [-0.25, -0.2) is 4.98 Å². The molecule has 2 aromatic carbocycles. The zero-order chi connectivity index (χ0) is 25.1. The highest BCUT2D eigenvalue weighted by Gasteiger charge is 2.27. The summed E-state index contributed by atoms with van der Waals surface area (Å²) in [5, 5.41) is 2.73. The lowest BCUT2D eigenvalue weighted by molar-refractivity contribution is -0.120. The summed E-state index contributed by atoms with van der Waals surface area (Å²) in [7, 11) is 7.00. The zero-order valence-corrected chi connectivity index (χ0v) is 21.4. The lowest BCUT2D eigenvalue weighted by Crippen LogP contribution is -2.23. The number of benzene rings is 2. The van der Waals surface area contributed by atoms with Gasteiger partial charge in [-0.2, -0.15) is 0 Å². The number of fused-ring (bicyclic) bond motifs is 1. The van der Waals surface area contributed by atoms with Crippen molar-refractivity contribution < 1.29 is 14.3 Å². The first-order valence-corrected chi connectivity index (χ1v) is 12.0. The third kappa shape index (κ3) is 4.94. The van der Waals surface area contributed by atoms with Crippen LogP contribution < -0.4 is 14.8 Å². The minimum atomic E-state index is 0.0195. The lowest BCUT2D eigenvalue weighted by atomic mass is 9.89. The van der Waals surface area contributed by atoms with Crippen molar-refractivity contribution in [3.8, 4) is 22.8 Å². The van der Waals surface area contributed by atoms with Crippen LogP contribution in [-0.4, -0.2) is 48.5 Å². The summed E-state index contributed by atoms with van der Waals surface area (Å²) in [6.45, 7) is 4.20. The van der Waals surface area contributed by atoms with Crippen LogP contribution in [0, 0.1) is 12.8 Å². The number of aryl methyl sites for hydroxylation is 1. The van der Waals surface area contributed by atoms with Gasteiger partial charge in [0.25, 0.3) is 0 Å². The summed E-state index contributed by atoms with van der Waals surface area (Å²) in [5.41, 5.74) is 6.33. The van der Waals surface area contributed by atoms with Gasteiger partial charge >= 0.3 is 0 Å². The number of carbonyl (C=O) groups is 1. The molecule has 3 aromatic rings. The van der Waals surface area contributed by atoms with E-state index in [2.05, 4.69) is 52.1 Å². The summed E-state index contributed by atoms with van der Waals surface area (Å²) >= 11 is 0. The Balaban J connectivity index is 1.80. The van der Waals surface area contributed by atoms with Gasteiger partial charge in [0.2, 0.25) is 5.91 Å². The number of ether oxygens (including phenoxy) is 2. The molecule has 0 spiro atoms. The Morgan fingerprint density at radius 1 is 1.11 bits per heavy atom. The molecule has 4 rings (SSSR count). The van der Waals surface area contributed by atoms with Crippen molar-refractivity contribution in [2.75, 3.05) is 21.3 Å². The zero-order valence-electron chi connectivity index (χ0n) is 21.4. The Hall–Kier alpha value is -3.61. The number of amides is 1. The lowest BCUT2D eigenvalue weighted by Gasteiger charge is -2.19. The van der Waals surface area contributed by atoms with Crippen molar-refractivity contribution in [3.05, 3.63) is 65.1 Å². The quantitative estimate of drug-likeness (QED) is 0.553. The van der Waals surface area contributed by atoms with Crippen molar-refractivity contribution >= 4 is 11.6 Å². The fourth-order valence-corrected chi connectivity index (χ4v) is 4.71. The number of methoxy groups -OCH3 is 2. The summed E-state index contributed by atoms with van der Waals surface area (Å²) in [4.78, 5) is 21.7. The molecule has 35 heavy (non-hydrogen) atoms. The molecular weight excluding hydrogens is 440 g/mol. The molecule has 2 unspecified atom stereocenters. The maximum atomic E-state index is 12.0. The third-order valence-electron chi connectivity index (χ3n) is 6.98. The van der Waals surface area contributed by atoms with E-state index in [1.165, 1.54) is 5.56 Å². The average molecular weight is 475 g/mol. The Morgan fingerprint density at radius 3 is 2.37 bits per heavy atom. The van der Waals surface area contributed by atoms with Crippen LogP contribution in [0.25, 0.3) is 11.3 Å². The molecule has 0 radical (unpaired) electrons. The highest BCUT2D eigenvalue weighted by Crippen LogP contribution is 2.36. The first kappa shape index (κ1) is 24.5. The van der Waals surface area contributed by atoms with E-state index in [1.54, 1.807) is 21.3 Å². The predicted molar refractivity (Wildman–Crippen MR) is 139 cm³/mol. The highest BCUT2D eigenvalue weighted by atomic mass is 16.5. The Bertz CT molecular complexity index is 1240. The summed E-state index contributed by atoms with van der Waals surface area (Å²) in [6, 6.07) is 12.6. The molecule has 184 valence electrons. The fraction of sp³-hybridized carbons (Fsp3) is 0.393. The molecule has 7 nitrogen and oxygen atoms in total. The number of rotatable bonds is 7. The van der Waals surface area contributed by atoms with Crippen molar-refractivity contribution in [2.24, 2.45) is 18.0 Å². The molecule has 0 bridgehead atoms. The molecule has 0 saturated carbocycles. The van der Waals surface area contributed by atoms with Gasteiger partial charge in [-0.15, -0.1) is 0 Å². The number of nitrogens with one attached hydrogen (secondary N) is 1. The molecule has 0 aliphatic carbocycles. The van der Waals surface area contributed by atoms with Crippen molar-refractivity contribution in [1.29, 1.82) is 0 Å². The van der Waals surface area contributed by atoms with E-state index in [9.17, 15) is 4.79 Å². The minimum absolute atomic E-state index is 0.0195. The second kappa shape index (κ2) is 10.3. The van der Waals surface area contributed by atoms with Gasteiger partial charge in [0.15, 0.2) is 11.5 Å². The number of aliphatic imine (C=N–C) groups is 1. The van der Waals surface area contributed by atoms with Crippen LogP contribution >= 0.6 is 0 Å². The molecule has 1 aliphatic heterocycles. The molecule has 0 saturated heterocycles. The van der Waals surface area contributed by atoms with Crippen molar-refractivity contribution in [2.45, 2.75) is 39.2 Å². The monoisotopic (exact) mass is 474 g/mol. The van der Waals surface area contributed by atoms with Crippen molar-refractivity contribution in [3.63, 3.8) is 0 Å². The number of aromatic nitrogens is 2. The largest absolute Gasteiger partial charge is 0.493 e. The molecule has 1 amide bonds. The van der Waals surface area contributed by atoms with Gasteiger partial charge < -0.3 is 19.4 Å². The van der Waals surface area contributed by atoms with Gasteiger partial charge in [0.05, 0.1) is 37.9 Å². The van der Waals surface area contributed by atoms with E-state index >= 15 is 0 Å². The SMILES string of the molecule is CNC(=O)CCC1N=C(c2ccc(-c3cnc(C)n3C)cc2)c2cc(OC)c(OC)cc2CC1C. The molecule has 2 heterocycles. The highest BCUT2D eigenvalue weighted by molar-refractivity contribution is 6.14. The van der Waals surface area contributed by atoms with Crippen LogP contribution in [0.2, 0.25) is 0 Å². The average Bonchev–Trinajstić information content (AvgIpc) is 3.14. The van der Waals surface area contributed by atoms with Gasteiger partial charge in [0.1, 0.15) is 5.82 Å². The van der Waals surface area contributed by atoms with Crippen molar-refractivity contribution in [1.82, 2.24) is 14.9 Å². The van der Waals surface area contributed by atoms with E-state index in [0.717, 1.165) is 40.3 Å². The summed E-state index contributed by atoms with van der Waals surface area (Å²) < 4.78 is 13.3. The normalized spacial score (nSPS) is 17.3. The molecule has 7 heteroatoms. The van der Waals surface area contributed by atoms with Gasteiger partial charge in [0, 0.05) is 31.6 Å². The minimum Gasteiger partial charge on any atom is -0.493 e. The summed E-state index contributed by atoms with van der Waals surface area (Å²) in [5.74, 6) is 2.67. The maximum absolute atomic E-state index is 12.0. The Labute approximate surface area is 207 Å². The number of hydrogen-bond donors (Lipinski definition) is 1. The number of hydrogen-bond acceptors (Lipinski definition) is 5. The smallest absolute Gasteiger partial charge is 0.219 e. The van der Waals surface area contributed by atoms with Crippen LogP contribution in [0.15, 0.2) is 47.6 Å². The number of imidazole rings is 1. The Morgan fingerprint density at radius 2 is 1.77 bits per heavy atom. The summed E-state index contributed by atoms with van der Waals surface area (Å²) in [6.07, 6.45) is 3.88. The number of nitrogens with zero attached hydrogens (tertiary/aromatic N) is 3. The molecule has 0 fully saturated rings.